The predicted octanol–water partition coefficient (Wildman–Crippen LogP) is 0.683. The summed E-state index contributed by atoms with van der Waals surface area (Å²) in [5.74, 6) is -3.44. The van der Waals surface area contributed by atoms with Crippen LogP contribution >= 0.6 is 0 Å². The Balaban J connectivity index is 2.75. The van der Waals surface area contributed by atoms with Gasteiger partial charge in [-0.2, -0.15) is 0 Å². The van der Waals surface area contributed by atoms with Crippen molar-refractivity contribution in [3.8, 4) is 0 Å². The highest BCUT2D eigenvalue weighted by atomic mass is 19.1. The number of carboxylic acid groups (broad SMARTS) is 2. The standard InChI is InChI=1S/C14H15FN2O6/c15-10-4-2-1-3-9(10)12(13(21)22)17-14(23)16-8(7-18)5-6-11(19)20/h1-4,7-8,12H,5-6H2,(H,19,20)(H,21,22)(H2,16,17,23)/t8?,12-/m0/s1. The lowest BCUT2D eigenvalue weighted by Crippen LogP contribution is -2.46. The van der Waals surface area contributed by atoms with Gasteiger partial charge in [0.25, 0.3) is 0 Å². The van der Waals surface area contributed by atoms with Gasteiger partial charge in [-0.15, -0.1) is 0 Å². The van der Waals surface area contributed by atoms with E-state index in [9.17, 15) is 23.6 Å². The summed E-state index contributed by atoms with van der Waals surface area (Å²) in [6.07, 6.45) is -0.162. The Labute approximate surface area is 130 Å². The second kappa shape index (κ2) is 8.47. The number of rotatable bonds is 8. The van der Waals surface area contributed by atoms with E-state index in [1.54, 1.807) is 0 Å². The van der Waals surface area contributed by atoms with Crippen molar-refractivity contribution in [1.82, 2.24) is 10.6 Å². The lowest BCUT2D eigenvalue weighted by atomic mass is 10.1. The summed E-state index contributed by atoms with van der Waals surface area (Å²) in [5, 5.41) is 21.8. The largest absolute Gasteiger partial charge is 0.481 e. The lowest BCUT2D eigenvalue weighted by molar-refractivity contribution is -0.139. The van der Waals surface area contributed by atoms with Gasteiger partial charge < -0.3 is 25.6 Å². The molecular weight excluding hydrogens is 311 g/mol. The van der Waals surface area contributed by atoms with E-state index in [0.29, 0.717) is 6.29 Å². The minimum absolute atomic E-state index is 0.149. The molecule has 0 saturated heterocycles. The van der Waals surface area contributed by atoms with Gasteiger partial charge >= 0.3 is 18.0 Å². The normalized spacial score (nSPS) is 12.7. The molecule has 2 amide bonds. The van der Waals surface area contributed by atoms with Gasteiger partial charge in [-0.3, -0.25) is 4.79 Å². The molecule has 124 valence electrons. The molecule has 1 unspecified atom stereocenters. The summed E-state index contributed by atoms with van der Waals surface area (Å²) in [4.78, 5) is 44.2. The quantitative estimate of drug-likeness (QED) is 0.519. The molecule has 4 N–H and O–H groups in total. The average Bonchev–Trinajstić information content (AvgIpc) is 2.49. The molecular formula is C14H15FN2O6. The number of amides is 2. The van der Waals surface area contributed by atoms with Crippen LogP contribution in [0.25, 0.3) is 0 Å². The molecule has 2 atom stereocenters. The summed E-state index contributed by atoms with van der Waals surface area (Å²) in [6.45, 7) is 0. The Morgan fingerprint density at radius 1 is 1.17 bits per heavy atom. The van der Waals surface area contributed by atoms with E-state index in [4.69, 9.17) is 10.2 Å². The number of hydrogen-bond acceptors (Lipinski definition) is 4. The van der Waals surface area contributed by atoms with Gasteiger partial charge in [0.1, 0.15) is 12.1 Å². The average molecular weight is 326 g/mol. The topological polar surface area (TPSA) is 133 Å². The zero-order chi connectivity index (χ0) is 17.4. The van der Waals surface area contributed by atoms with Crippen molar-refractivity contribution in [2.45, 2.75) is 24.9 Å². The van der Waals surface area contributed by atoms with Crippen molar-refractivity contribution in [1.29, 1.82) is 0 Å². The molecule has 1 aromatic carbocycles. The fraction of sp³-hybridized carbons (Fsp3) is 0.286. The number of carbonyl (C=O) groups excluding carboxylic acids is 2. The van der Waals surface area contributed by atoms with Crippen LogP contribution < -0.4 is 10.6 Å². The smallest absolute Gasteiger partial charge is 0.331 e. The summed E-state index contributed by atoms with van der Waals surface area (Å²) in [6, 6.07) is 1.26. The molecule has 1 aromatic rings. The predicted molar refractivity (Wildman–Crippen MR) is 75.2 cm³/mol. The second-order valence-electron chi connectivity index (χ2n) is 4.59. The van der Waals surface area contributed by atoms with E-state index in [0.717, 1.165) is 6.07 Å². The highest BCUT2D eigenvalue weighted by Crippen LogP contribution is 2.17. The molecule has 8 nitrogen and oxygen atoms in total. The van der Waals surface area contributed by atoms with Crippen LogP contribution in [-0.2, 0) is 14.4 Å². The van der Waals surface area contributed by atoms with Gasteiger partial charge in [-0.25, -0.2) is 14.0 Å². The van der Waals surface area contributed by atoms with Crippen LogP contribution in [0.2, 0.25) is 0 Å². The number of aliphatic carboxylic acids is 2. The zero-order valence-electron chi connectivity index (χ0n) is 11.9. The van der Waals surface area contributed by atoms with E-state index in [2.05, 4.69) is 5.32 Å². The molecule has 0 heterocycles. The maximum Gasteiger partial charge on any atom is 0.331 e. The number of nitrogens with one attached hydrogen (secondary N) is 2. The fourth-order valence-electron chi connectivity index (χ4n) is 1.78. The summed E-state index contributed by atoms with van der Waals surface area (Å²) < 4.78 is 13.6. The van der Waals surface area contributed by atoms with Crippen LogP contribution in [0.3, 0.4) is 0 Å². The number of carbonyl (C=O) groups is 4. The molecule has 0 aliphatic rings. The molecule has 0 spiro atoms. The summed E-state index contributed by atoms with van der Waals surface area (Å²) >= 11 is 0. The molecule has 0 bridgehead atoms. The molecule has 0 radical (unpaired) electrons. The van der Waals surface area contributed by atoms with Crippen molar-refractivity contribution < 1.29 is 33.8 Å². The molecule has 0 aliphatic carbocycles. The lowest BCUT2D eigenvalue weighted by Gasteiger charge is -2.18. The third-order valence-corrected chi connectivity index (χ3v) is 2.89. The highest BCUT2D eigenvalue weighted by Gasteiger charge is 2.25. The maximum absolute atomic E-state index is 13.6. The van der Waals surface area contributed by atoms with Crippen LogP contribution in [0.1, 0.15) is 24.4 Å². The Kier molecular flexibility index (Phi) is 6.66. The molecule has 0 saturated carbocycles. The first-order chi connectivity index (χ1) is 10.8. The fourth-order valence-corrected chi connectivity index (χ4v) is 1.78. The molecule has 0 aliphatic heterocycles. The Bertz CT molecular complexity index is 607. The van der Waals surface area contributed by atoms with Crippen LogP contribution in [-0.4, -0.2) is 40.5 Å². The third-order valence-electron chi connectivity index (χ3n) is 2.89. The molecule has 0 aromatic heterocycles. The van der Waals surface area contributed by atoms with Crippen molar-refractivity contribution in [3.05, 3.63) is 35.6 Å². The summed E-state index contributed by atoms with van der Waals surface area (Å²) in [7, 11) is 0. The Morgan fingerprint density at radius 3 is 2.35 bits per heavy atom. The van der Waals surface area contributed by atoms with Crippen molar-refractivity contribution >= 4 is 24.3 Å². The van der Waals surface area contributed by atoms with E-state index in [-0.39, 0.29) is 18.4 Å². The SMILES string of the molecule is O=CC(CCC(=O)O)NC(=O)N[C@H](C(=O)O)c1ccccc1F. The van der Waals surface area contributed by atoms with E-state index in [1.165, 1.54) is 18.2 Å². The Hall–Kier alpha value is -2.97. The Morgan fingerprint density at radius 2 is 1.83 bits per heavy atom. The van der Waals surface area contributed by atoms with Gasteiger partial charge in [0.05, 0.1) is 6.04 Å². The van der Waals surface area contributed by atoms with Crippen LogP contribution in [0.4, 0.5) is 9.18 Å². The first-order valence-corrected chi connectivity index (χ1v) is 6.56. The first kappa shape index (κ1) is 18.1. The van der Waals surface area contributed by atoms with Gasteiger partial charge in [0.15, 0.2) is 6.04 Å². The number of urea groups is 1. The number of halogens is 1. The van der Waals surface area contributed by atoms with Gasteiger partial charge in [-0.05, 0) is 12.5 Å². The molecule has 0 fully saturated rings. The maximum atomic E-state index is 13.6. The van der Waals surface area contributed by atoms with Crippen molar-refractivity contribution in [2.24, 2.45) is 0 Å². The monoisotopic (exact) mass is 326 g/mol. The van der Waals surface area contributed by atoms with Gasteiger partial charge in [-0.1, -0.05) is 18.2 Å². The number of benzene rings is 1. The summed E-state index contributed by atoms with van der Waals surface area (Å²) in [5.41, 5.74) is -0.247. The number of carboxylic acids is 2. The van der Waals surface area contributed by atoms with Gasteiger partial charge in [0.2, 0.25) is 0 Å². The van der Waals surface area contributed by atoms with Crippen molar-refractivity contribution in [2.75, 3.05) is 0 Å². The van der Waals surface area contributed by atoms with E-state index in [1.807, 2.05) is 5.32 Å². The minimum Gasteiger partial charge on any atom is -0.481 e. The van der Waals surface area contributed by atoms with Crippen LogP contribution in [0.15, 0.2) is 24.3 Å². The number of hydrogen-bond donors (Lipinski definition) is 4. The zero-order valence-corrected chi connectivity index (χ0v) is 11.9. The van der Waals surface area contributed by atoms with Crippen LogP contribution in [0.5, 0.6) is 0 Å². The molecule has 1 rings (SSSR count). The van der Waals surface area contributed by atoms with Crippen LogP contribution in [0, 0.1) is 5.82 Å². The third kappa shape index (κ3) is 5.73. The first-order valence-electron chi connectivity index (χ1n) is 6.56. The van der Waals surface area contributed by atoms with Crippen molar-refractivity contribution in [3.63, 3.8) is 0 Å². The molecule has 23 heavy (non-hydrogen) atoms. The minimum atomic E-state index is -1.65. The second-order valence-corrected chi connectivity index (χ2v) is 4.59. The van der Waals surface area contributed by atoms with Gasteiger partial charge in [0, 0.05) is 12.0 Å². The molecule has 9 heteroatoms. The van der Waals surface area contributed by atoms with E-state index >= 15 is 0 Å². The highest BCUT2D eigenvalue weighted by molar-refractivity contribution is 5.85. The van der Waals surface area contributed by atoms with E-state index < -0.39 is 35.9 Å². The number of aldehydes is 1.